The number of aliphatic hydroxyl groups excluding tert-OH is 1. The van der Waals surface area contributed by atoms with Crippen molar-refractivity contribution in [2.45, 2.75) is 97.8 Å². The third-order valence-corrected chi connectivity index (χ3v) is 4.48. The number of aliphatic hydroxyl groups is 1. The van der Waals surface area contributed by atoms with Gasteiger partial charge in [0.1, 0.15) is 0 Å². The normalized spacial score (nSPS) is 15.8. The van der Waals surface area contributed by atoms with Crippen LogP contribution in [0, 0.1) is 5.92 Å². The average molecular weight is 357 g/mol. The molecule has 0 aliphatic carbocycles. The number of nitrogens with one attached hydrogen (secondary N) is 2. The van der Waals surface area contributed by atoms with E-state index in [1.54, 1.807) is 6.92 Å². The first-order valence-corrected chi connectivity index (χ1v) is 9.57. The number of Topliss-reactive ketones (excluding diaryl/α,β-unsaturated/α-hetero) is 1. The Bertz CT molecular complexity index is 426. The van der Waals surface area contributed by atoms with Crippen LogP contribution in [0.3, 0.4) is 0 Å². The summed E-state index contributed by atoms with van der Waals surface area (Å²) < 4.78 is 0. The minimum Gasteiger partial charge on any atom is -0.381 e. The highest BCUT2D eigenvalue weighted by Gasteiger charge is 2.30. The fraction of sp³-hybridized carbons (Fsp3) is 0.842. The highest BCUT2D eigenvalue weighted by molar-refractivity contribution is 5.90. The number of carbonyl (C=O) groups excluding carboxylic acids is 3. The first kappa shape index (κ1) is 23.6. The monoisotopic (exact) mass is 356 g/mol. The fourth-order valence-corrected chi connectivity index (χ4v) is 2.74. The maximum atomic E-state index is 12.3. The van der Waals surface area contributed by atoms with Crippen LogP contribution in [-0.2, 0) is 14.4 Å². The van der Waals surface area contributed by atoms with E-state index < -0.39 is 24.1 Å². The lowest BCUT2D eigenvalue weighted by Gasteiger charge is -2.26. The van der Waals surface area contributed by atoms with Crippen molar-refractivity contribution in [1.29, 1.82) is 0 Å². The predicted molar refractivity (Wildman–Crippen MR) is 99.1 cm³/mol. The van der Waals surface area contributed by atoms with Gasteiger partial charge in [0.2, 0.25) is 5.91 Å². The number of ketones is 1. The average Bonchev–Trinajstić information content (AvgIpc) is 2.57. The van der Waals surface area contributed by atoms with Crippen LogP contribution in [0.5, 0.6) is 0 Å². The summed E-state index contributed by atoms with van der Waals surface area (Å²) in [4.78, 5) is 36.1. The molecule has 0 saturated carbocycles. The lowest BCUT2D eigenvalue weighted by molar-refractivity contribution is -0.136. The number of unbranched alkanes of at least 4 members (excludes halogenated alkanes) is 2. The summed E-state index contributed by atoms with van der Waals surface area (Å²) >= 11 is 0. The Morgan fingerprint density at radius 1 is 0.920 bits per heavy atom. The molecule has 0 heterocycles. The molecule has 4 unspecified atom stereocenters. The summed E-state index contributed by atoms with van der Waals surface area (Å²) in [5.74, 6) is -1.05. The van der Waals surface area contributed by atoms with E-state index in [-0.39, 0.29) is 17.6 Å². The number of rotatable bonds is 13. The van der Waals surface area contributed by atoms with Gasteiger partial charge in [-0.25, -0.2) is 0 Å². The minimum atomic E-state index is -1.36. The van der Waals surface area contributed by atoms with Crippen LogP contribution in [-0.4, -0.2) is 40.9 Å². The third kappa shape index (κ3) is 9.00. The van der Waals surface area contributed by atoms with E-state index in [0.717, 1.165) is 32.1 Å². The van der Waals surface area contributed by atoms with Crippen LogP contribution in [0.15, 0.2) is 0 Å². The maximum absolute atomic E-state index is 12.3. The molecule has 0 rings (SSSR count). The SMILES string of the molecule is CCCCCC(NC(=O)C(C)CCC)C(O)C(=O)NC(CC)C(C)=O. The number of hydrogen-bond acceptors (Lipinski definition) is 4. The van der Waals surface area contributed by atoms with Crippen molar-refractivity contribution in [3.63, 3.8) is 0 Å². The summed E-state index contributed by atoms with van der Waals surface area (Å²) in [6, 6.07) is -1.24. The van der Waals surface area contributed by atoms with E-state index in [4.69, 9.17) is 0 Å². The predicted octanol–water partition coefficient (Wildman–Crippen LogP) is 2.33. The van der Waals surface area contributed by atoms with Gasteiger partial charge in [-0.15, -0.1) is 0 Å². The molecule has 4 atom stereocenters. The van der Waals surface area contributed by atoms with Gasteiger partial charge in [0, 0.05) is 5.92 Å². The molecule has 0 aromatic carbocycles. The van der Waals surface area contributed by atoms with Crippen molar-refractivity contribution >= 4 is 17.6 Å². The molecular weight excluding hydrogens is 320 g/mol. The Balaban J connectivity index is 4.95. The second kappa shape index (κ2) is 12.9. The molecule has 0 spiro atoms. The van der Waals surface area contributed by atoms with Gasteiger partial charge in [0.25, 0.3) is 5.91 Å². The summed E-state index contributed by atoms with van der Waals surface area (Å²) in [5.41, 5.74) is 0. The zero-order valence-electron chi connectivity index (χ0n) is 16.4. The smallest absolute Gasteiger partial charge is 0.251 e. The molecule has 0 aliphatic rings. The number of carbonyl (C=O) groups is 3. The van der Waals surface area contributed by atoms with Crippen LogP contribution in [0.2, 0.25) is 0 Å². The van der Waals surface area contributed by atoms with Crippen LogP contribution < -0.4 is 10.6 Å². The molecule has 0 bridgehead atoms. The standard InChI is InChI=1S/C19H36N2O4/c1-6-9-10-12-16(21-18(24)13(4)11-7-2)17(23)19(25)20-15(8-3)14(5)22/h13,15-17,23H,6-12H2,1-5H3,(H,20,25)(H,21,24). The molecule has 0 aromatic heterocycles. The van der Waals surface area contributed by atoms with Gasteiger partial charge in [-0.3, -0.25) is 14.4 Å². The van der Waals surface area contributed by atoms with E-state index >= 15 is 0 Å². The Morgan fingerprint density at radius 3 is 2.04 bits per heavy atom. The Hall–Kier alpha value is -1.43. The lowest BCUT2D eigenvalue weighted by atomic mass is 9.99. The Kier molecular flexibility index (Phi) is 12.1. The van der Waals surface area contributed by atoms with Gasteiger partial charge in [0.05, 0.1) is 12.1 Å². The summed E-state index contributed by atoms with van der Waals surface area (Å²) in [6.07, 6.45) is 4.10. The molecule has 0 saturated heterocycles. The van der Waals surface area contributed by atoms with Crippen LogP contribution in [0.1, 0.15) is 79.6 Å². The number of hydrogen-bond donors (Lipinski definition) is 3. The highest BCUT2D eigenvalue weighted by atomic mass is 16.3. The molecule has 0 aliphatic heterocycles. The lowest BCUT2D eigenvalue weighted by Crippen LogP contribution is -2.54. The summed E-state index contributed by atoms with van der Waals surface area (Å²) in [5, 5.41) is 15.8. The fourth-order valence-electron chi connectivity index (χ4n) is 2.74. The molecule has 3 N–H and O–H groups in total. The van der Waals surface area contributed by atoms with Gasteiger partial charge < -0.3 is 15.7 Å². The third-order valence-electron chi connectivity index (χ3n) is 4.48. The van der Waals surface area contributed by atoms with E-state index in [0.29, 0.717) is 12.8 Å². The van der Waals surface area contributed by atoms with Gasteiger partial charge >= 0.3 is 0 Å². The van der Waals surface area contributed by atoms with E-state index in [1.807, 2.05) is 13.8 Å². The van der Waals surface area contributed by atoms with Crippen LogP contribution in [0.25, 0.3) is 0 Å². The quantitative estimate of drug-likeness (QED) is 0.441. The van der Waals surface area contributed by atoms with Gasteiger partial charge in [-0.1, -0.05) is 53.4 Å². The second-order valence-corrected chi connectivity index (χ2v) is 6.83. The second-order valence-electron chi connectivity index (χ2n) is 6.83. The Labute approximate surface area is 152 Å². The first-order valence-electron chi connectivity index (χ1n) is 9.57. The zero-order chi connectivity index (χ0) is 19.4. The van der Waals surface area contributed by atoms with E-state index in [1.165, 1.54) is 6.92 Å². The van der Waals surface area contributed by atoms with E-state index in [2.05, 4.69) is 17.6 Å². The molecule has 0 radical (unpaired) electrons. The van der Waals surface area contributed by atoms with Crippen molar-refractivity contribution in [3.8, 4) is 0 Å². The van der Waals surface area contributed by atoms with Crippen molar-refractivity contribution in [1.82, 2.24) is 10.6 Å². The molecule has 2 amide bonds. The minimum absolute atomic E-state index is 0.145. The Morgan fingerprint density at radius 2 is 1.56 bits per heavy atom. The highest BCUT2D eigenvalue weighted by Crippen LogP contribution is 2.11. The van der Waals surface area contributed by atoms with Crippen molar-refractivity contribution in [2.24, 2.45) is 5.92 Å². The summed E-state index contributed by atoms with van der Waals surface area (Å²) in [6.45, 7) is 9.13. The van der Waals surface area contributed by atoms with Gasteiger partial charge in [-0.2, -0.15) is 0 Å². The molecule has 0 fully saturated rings. The van der Waals surface area contributed by atoms with Crippen molar-refractivity contribution < 1.29 is 19.5 Å². The van der Waals surface area contributed by atoms with E-state index in [9.17, 15) is 19.5 Å². The van der Waals surface area contributed by atoms with Gasteiger partial charge in [-0.05, 0) is 26.2 Å². The van der Waals surface area contributed by atoms with Crippen LogP contribution >= 0.6 is 0 Å². The topological polar surface area (TPSA) is 95.5 Å². The van der Waals surface area contributed by atoms with Crippen LogP contribution in [0.4, 0.5) is 0 Å². The maximum Gasteiger partial charge on any atom is 0.251 e. The van der Waals surface area contributed by atoms with Crippen molar-refractivity contribution in [2.75, 3.05) is 0 Å². The molecule has 6 heteroatoms. The molecular formula is C19H36N2O4. The zero-order valence-corrected chi connectivity index (χ0v) is 16.4. The van der Waals surface area contributed by atoms with Gasteiger partial charge in [0.15, 0.2) is 11.9 Å². The summed E-state index contributed by atoms with van der Waals surface area (Å²) in [7, 11) is 0. The van der Waals surface area contributed by atoms with Crippen molar-refractivity contribution in [3.05, 3.63) is 0 Å². The molecule has 6 nitrogen and oxygen atoms in total. The molecule has 146 valence electrons. The first-order chi connectivity index (χ1) is 11.8. The molecule has 0 aromatic rings. The number of amides is 2. The largest absolute Gasteiger partial charge is 0.381 e. The molecule has 25 heavy (non-hydrogen) atoms.